The number of benzene rings is 1. The van der Waals surface area contributed by atoms with Gasteiger partial charge < -0.3 is 14.7 Å². The molecule has 0 unspecified atom stereocenters. The molecule has 2 atom stereocenters. The molecular weight excluding hydrogens is 270 g/mol. The summed E-state index contributed by atoms with van der Waals surface area (Å²) >= 11 is 0. The summed E-state index contributed by atoms with van der Waals surface area (Å²) in [6.45, 7) is 3.78. The third-order valence-corrected chi connectivity index (χ3v) is 3.89. The molecule has 1 aromatic rings. The number of rotatable bonds is 3. The number of phenolic OH excluding ortho intramolecular Hbond substituents is 1. The number of carbonyl (C=O) groups excluding carboxylic acids is 2. The van der Waals surface area contributed by atoms with E-state index >= 15 is 0 Å². The van der Waals surface area contributed by atoms with Crippen molar-refractivity contribution in [2.75, 3.05) is 6.61 Å². The van der Waals surface area contributed by atoms with E-state index in [1.807, 2.05) is 13.8 Å². The lowest BCUT2D eigenvalue weighted by Gasteiger charge is -2.38. The molecule has 0 saturated carbocycles. The minimum atomic E-state index is -0.600. The molecule has 0 radical (unpaired) electrons. The van der Waals surface area contributed by atoms with Crippen LogP contribution in [0.5, 0.6) is 5.75 Å². The van der Waals surface area contributed by atoms with E-state index in [0.717, 1.165) is 19.3 Å². The van der Waals surface area contributed by atoms with Crippen molar-refractivity contribution < 1.29 is 19.4 Å². The molecule has 0 bridgehead atoms. The van der Waals surface area contributed by atoms with Crippen molar-refractivity contribution in [2.24, 2.45) is 0 Å². The number of aromatic hydroxyl groups is 1. The lowest BCUT2D eigenvalue weighted by Crippen LogP contribution is -2.49. The van der Waals surface area contributed by atoms with Gasteiger partial charge in [-0.3, -0.25) is 4.79 Å². The van der Waals surface area contributed by atoms with Crippen LogP contribution in [-0.4, -0.2) is 40.6 Å². The monoisotopic (exact) mass is 291 g/mol. The Hall–Kier alpha value is -2.04. The van der Waals surface area contributed by atoms with Crippen LogP contribution in [0, 0.1) is 0 Å². The molecule has 1 saturated heterocycles. The molecule has 1 aliphatic rings. The van der Waals surface area contributed by atoms with Crippen LogP contribution in [0.4, 0.5) is 0 Å². The topological polar surface area (TPSA) is 66.8 Å². The van der Waals surface area contributed by atoms with Gasteiger partial charge in [-0.2, -0.15) is 0 Å². The lowest BCUT2D eigenvalue weighted by atomic mass is 9.97. The summed E-state index contributed by atoms with van der Waals surface area (Å²) in [5, 5.41) is 9.33. The number of carbonyl (C=O) groups is 2. The predicted molar refractivity (Wildman–Crippen MR) is 78.0 cm³/mol. The van der Waals surface area contributed by atoms with Gasteiger partial charge in [0.05, 0.1) is 5.56 Å². The molecule has 0 spiro atoms. The Morgan fingerprint density at radius 1 is 1.29 bits per heavy atom. The first-order valence-corrected chi connectivity index (χ1v) is 7.26. The molecular formula is C16H21NO4. The Labute approximate surface area is 124 Å². The molecule has 1 N–H and O–H groups in total. The number of hydrogen-bond acceptors (Lipinski definition) is 4. The zero-order chi connectivity index (χ0) is 15.4. The van der Waals surface area contributed by atoms with Crippen LogP contribution in [0.2, 0.25) is 0 Å². The number of phenols is 1. The van der Waals surface area contributed by atoms with Crippen LogP contribution >= 0.6 is 0 Å². The van der Waals surface area contributed by atoms with Gasteiger partial charge in [0.25, 0.3) is 5.91 Å². The van der Waals surface area contributed by atoms with Crippen molar-refractivity contribution in [1.29, 1.82) is 0 Å². The Morgan fingerprint density at radius 3 is 2.57 bits per heavy atom. The van der Waals surface area contributed by atoms with Gasteiger partial charge in [-0.1, -0.05) is 6.07 Å². The summed E-state index contributed by atoms with van der Waals surface area (Å²) in [5.41, 5.74) is 0.238. The Bertz CT molecular complexity index is 519. The number of hydrogen-bond donors (Lipinski definition) is 1. The third kappa shape index (κ3) is 3.74. The van der Waals surface area contributed by atoms with E-state index in [9.17, 15) is 14.7 Å². The van der Waals surface area contributed by atoms with E-state index in [2.05, 4.69) is 0 Å². The average Bonchev–Trinajstić information content (AvgIpc) is 2.44. The van der Waals surface area contributed by atoms with Gasteiger partial charge in [0.2, 0.25) is 0 Å². The maximum absolute atomic E-state index is 12.2. The van der Waals surface area contributed by atoms with E-state index in [-0.39, 0.29) is 35.9 Å². The van der Waals surface area contributed by atoms with E-state index < -0.39 is 5.97 Å². The second-order valence-electron chi connectivity index (χ2n) is 5.56. The fraction of sp³-hybridized carbons (Fsp3) is 0.500. The van der Waals surface area contributed by atoms with Gasteiger partial charge in [-0.25, -0.2) is 4.79 Å². The van der Waals surface area contributed by atoms with Crippen molar-refractivity contribution in [3.8, 4) is 5.75 Å². The van der Waals surface area contributed by atoms with Gasteiger partial charge in [-0.05, 0) is 51.3 Å². The molecule has 0 aliphatic carbocycles. The highest BCUT2D eigenvalue weighted by molar-refractivity contribution is 5.91. The second-order valence-corrected chi connectivity index (χ2v) is 5.56. The number of esters is 1. The summed E-state index contributed by atoms with van der Waals surface area (Å²) < 4.78 is 5.05. The first kappa shape index (κ1) is 15.4. The SMILES string of the molecule is C[C@@H]1CCC[C@H](C)N1C(=O)COC(=O)c1cccc(O)c1. The van der Waals surface area contributed by atoms with Gasteiger partial charge in [-0.15, -0.1) is 0 Å². The highest BCUT2D eigenvalue weighted by Crippen LogP contribution is 2.22. The van der Waals surface area contributed by atoms with Crippen LogP contribution in [0.3, 0.4) is 0 Å². The summed E-state index contributed by atoms with van der Waals surface area (Å²) in [5.74, 6) is -0.770. The van der Waals surface area contributed by atoms with Crippen LogP contribution in [0.15, 0.2) is 24.3 Å². The van der Waals surface area contributed by atoms with E-state index in [1.165, 1.54) is 12.1 Å². The average molecular weight is 291 g/mol. The summed E-state index contributed by atoms with van der Waals surface area (Å²) in [4.78, 5) is 25.9. The molecule has 5 nitrogen and oxygen atoms in total. The Balaban J connectivity index is 1.93. The van der Waals surface area contributed by atoms with Gasteiger partial charge in [0.15, 0.2) is 6.61 Å². The second kappa shape index (κ2) is 6.61. The maximum Gasteiger partial charge on any atom is 0.338 e. The third-order valence-electron chi connectivity index (χ3n) is 3.89. The molecule has 1 aromatic carbocycles. The number of ether oxygens (including phenoxy) is 1. The summed E-state index contributed by atoms with van der Waals surface area (Å²) in [6, 6.07) is 6.25. The van der Waals surface area contributed by atoms with E-state index in [1.54, 1.807) is 17.0 Å². The van der Waals surface area contributed by atoms with Crippen molar-refractivity contribution in [1.82, 2.24) is 4.90 Å². The van der Waals surface area contributed by atoms with Gasteiger partial charge >= 0.3 is 5.97 Å². The zero-order valence-electron chi connectivity index (χ0n) is 12.4. The van der Waals surface area contributed by atoms with Crippen molar-refractivity contribution >= 4 is 11.9 Å². The van der Waals surface area contributed by atoms with Gasteiger partial charge in [0, 0.05) is 12.1 Å². The Kier molecular flexibility index (Phi) is 4.83. The first-order valence-electron chi connectivity index (χ1n) is 7.26. The molecule has 1 aliphatic heterocycles. The molecule has 21 heavy (non-hydrogen) atoms. The largest absolute Gasteiger partial charge is 0.508 e. The highest BCUT2D eigenvalue weighted by Gasteiger charge is 2.29. The molecule has 1 heterocycles. The molecule has 2 rings (SSSR count). The number of amides is 1. The van der Waals surface area contributed by atoms with Crippen LogP contribution in [0.25, 0.3) is 0 Å². The van der Waals surface area contributed by atoms with Gasteiger partial charge in [0.1, 0.15) is 5.75 Å². The molecule has 5 heteroatoms. The zero-order valence-corrected chi connectivity index (χ0v) is 12.4. The molecule has 114 valence electrons. The van der Waals surface area contributed by atoms with Crippen LogP contribution in [0.1, 0.15) is 43.5 Å². The lowest BCUT2D eigenvalue weighted by molar-refractivity contribution is -0.140. The fourth-order valence-electron chi connectivity index (χ4n) is 2.83. The quantitative estimate of drug-likeness (QED) is 0.868. The maximum atomic E-state index is 12.2. The number of likely N-dealkylation sites (tertiary alicyclic amines) is 1. The summed E-state index contributed by atoms with van der Waals surface area (Å²) in [7, 11) is 0. The molecule has 1 fully saturated rings. The van der Waals surface area contributed by atoms with Crippen LogP contribution < -0.4 is 0 Å². The van der Waals surface area contributed by atoms with Crippen LogP contribution in [-0.2, 0) is 9.53 Å². The molecule has 0 aromatic heterocycles. The predicted octanol–water partition coefficient (Wildman–Crippen LogP) is 2.34. The summed E-state index contributed by atoms with van der Waals surface area (Å²) in [6.07, 6.45) is 3.09. The molecule has 1 amide bonds. The van der Waals surface area contributed by atoms with E-state index in [4.69, 9.17) is 4.74 Å². The fourth-order valence-corrected chi connectivity index (χ4v) is 2.83. The van der Waals surface area contributed by atoms with Crippen molar-refractivity contribution in [3.63, 3.8) is 0 Å². The number of nitrogens with zero attached hydrogens (tertiary/aromatic N) is 1. The minimum Gasteiger partial charge on any atom is -0.508 e. The minimum absolute atomic E-state index is 0.00551. The Morgan fingerprint density at radius 2 is 1.95 bits per heavy atom. The smallest absolute Gasteiger partial charge is 0.338 e. The highest BCUT2D eigenvalue weighted by atomic mass is 16.5. The number of piperidine rings is 1. The first-order chi connectivity index (χ1) is 9.99. The normalized spacial score (nSPS) is 21.9. The standard InChI is InChI=1S/C16H21NO4/c1-11-5-3-6-12(2)17(11)15(19)10-21-16(20)13-7-4-8-14(18)9-13/h4,7-9,11-12,18H,3,5-6,10H2,1-2H3/t11-,12+. The van der Waals surface area contributed by atoms with E-state index in [0.29, 0.717) is 0 Å². The van der Waals surface area contributed by atoms with Crippen molar-refractivity contribution in [3.05, 3.63) is 29.8 Å². The van der Waals surface area contributed by atoms with Crippen molar-refractivity contribution in [2.45, 2.75) is 45.2 Å².